The number of thiophene rings is 1. The van der Waals surface area contributed by atoms with Crippen molar-refractivity contribution in [3.8, 4) is 0 Å². The van der Waals surface area contributed by atoms with Crippen molar-refractivity contribution < 1.29 is 0 Å². The minimum absolute atomic E-state index is 1.03. The fourth-order valence-electron chi connectivity index (χ4n) is 3.04. The monoisotopic (exact) mass is 294 g/mol. The van der Waals surface area contributed by atoms with Gasteiger partial charge in [-0.05, 0) is 26.2 Å². The van der Waals surface area contributed by atoms with Crippen LogP contribution in [-0.4, -0.2) is 30.1 Å². The molecule has 0 aliphatic rings. The molecule has 0 atom stereocenters. The Morgan fingerprint density at radius 1 is 0.952 bits per heavy atom. The van der Waals surface area contributed by atoms with Crippen LogP contribution in [0, 0.1) is 0 Å². The highest BCUT2D eigenvalue weighted by Crippen LogP contribution is 2.40. The SMILES string of the molecule is CN(C)CCn1c2ccccc2c2sc3ccccc3c21. The maximum atomic E-state index is 2.49. The number of aromatic nitrogens is 1. The number of para-hydroxylation sites is 1. The van der Waals surface area contributed by atoms with Crippen LogP contribution in [0.2, 0.25) is 0 Å². The molecular formula is C18H18N2S. The Balaban J connectivity index is 2.09. The lowest BCUT2D eigenvalue weighted by Crippen LogP contribution is -2.18. The van der Waals surface area contributed by atoms with Crippen LogP contribution in [0.3, 0.4) is 0 Å². The van der Waals surface area contributed by atoms with Gasteiger partial charge in [0.15, 0.2) is 0 Å². The summed E-state index contributed by atoms with van der Waals surface area (Å²) in [5, 5.41) is 2.76. The predicted molar refractivity (Wildman–Crippen MR) is 93.4 cm³/mol. The quantitative estimate of drug-likeness (QED) is 0.537. The molecule has 0 aliphatic carbocycles. The van der Waals surface area contributed by atoms with Crippen molar-refractivity contribution >= 4 is 42.5 Å². The van der Waals surface area contributed by atoms with Crippen LogP contribution in [0.5, 0.6) is 0 Å². The number of hydrogen-bond donors (Lipinski definition) is 0. The Bertz CT molecular complexity index is 924. The second-order valence-corrected chi connectivity index (χ2v) is 6.80. The zero-order valence-electron chi connectivity index (χ0n) is 12.3. The van der Waals surface area contributed by atoms with Gasteiger partial charge in [-0.25, -0.2) is 0 Å². The van der Waals surface area contributed by atoms with Crippen LogP contribution in [0.1, 0.15) is 0 Å². The lowest BCUT2D eigenvalue weighted by atomic mass is 10.2. The Morgan fingerprint density at radius 3 is 2.48 bits per heavy atom. The third kappa shape index (κ3) is 1.96. The van der Waals surface area contributed by atoms with Crippen LogP contribution in [-0.2, 0) is 6.54 Å². The summed E-state index contributed by atoms with van der Waals surface area (Å²) in [7, 11) is 4.27. The fraction of sp³-hybridized carbons (Fsp3) is 0.222. The maximum Gasteiger partial charge on any atom is 0.0681 e. The molecule has 106 valence electrons. The molecule has 0 bridgehead atoms. The number of hydrogen-bond acceptors (Lipinski definition) is 2. The average molecular weight is 294 g/mol. The van der Waals surface area contributed by atoms with E-state index in [0.717, 1.165) is 13.1 Å². The molecule has 0 N–H and O–H groups in total. The summed E-state index contributed by atoms with van der Waals surface area (Å²) in [6, 6.07) is 17.5. The van der Waals surface area contributed by atoms with Gasteiger partial charge in [-0.15, -0.1) is 11.3 Å². The molecule has 4 aromatic rings. The predicted octanol–water partition coefficient (Wildman–Crippen LogP) is 4.57. The van der Waals surface area contributed by atoms with Gasteiger partial charge in [0.2, 0.25) is 0 Å². The van der Waals surface area contributed by atoms with E-state index in [1.165, 1.54) is 31.2 Å². The molecule has 0 aliphatic heterocycles. The molecular weight excluding hydrogens is 276 g/mol. The highest BCUT2D eigenvalue weighted by molar-refractivity contribution is 7.26. The number of benzene rings is 2. The standard InChI is InChI=1S/C18H18N2S/c1-19(2)11-12-20-15-9-5-3-7-13(15)18-17(20)14-8-4-6-10-16(14)21-18/h3-10H,11-12H2,1-2H3. The molecule has 3 heteroatoms. The van der Waals surface area contributed by atoms with Gasteiger partial charge in [-0.2, -0.15) is 0 Å². The van der Waals surface area contributed by atoms with Gasteiger partial charge in [0.05, 0.1) is 10.2 Å². The largest absolute Gasteiger partial charge is 0.338 e. The summed E-state index contributed by atoms with van der Waals surface area (Å²) in [6.07, 6.45) is 0. The molecule has 0 saturated heterocycles. The van der Waals surface area contributed by atoms with Crippen molar-refractivity contribution in [2.45, 2.75) is 6.54 Å². The molecule has 2 nitrogen and oxygen atoms in total. The first-order valence-electron chi connectivity index (χ1n) is 7.29. The number of fused-ring (bicyclic) bond motifs is 5. The second kappa shape index (κ2) is 4.86. The third-order valence-corrected chi connectivity index (χ3v) is 5.24. The molecule has 0 unspecified atom stereocenters. The van der Waals surface area contributed by atoms with E-state index in [4.69, 9.17) is 0 Å². The van der Waals surface area contributed by atoms with E-state index in [0.29, 0.717) is 0 Å². The molecule has 0 fully saturated rings. The minimum Gasteiger partial charge on any atom is -0.338 e. The van der Waals surface area contributed by atoms with Gasteiger partial charge in [-0.1, -0.05) is 36.4 Å². The first-order chi connectivity index (χ1) is 10.3. The summed E-state index contributed by atoms with van der Waals surface area (Å²) < 4.78 is 5.29. The zero-order chi connectivity index (χ0) is 14.4. The third-order valence-electron chi connectivity index (χ3n) is 4.05. The van der Waals surface area contributed by atoms with Crippen molar-refractivity contribution in [2.24, 2.45) is 0 Å². The Morgan fingerprint density at radius 2 is 1.67 bits per heavy atom. The van der Waals surface area contributed by atoms with E-state index in [-0.39, 0.29) is 0 Å². The van der Waals surface area contributed by atoms with E-state index < -0.39 is 0 Å². The summed E-state index contributed by atoms with van der Waals surface area (Å²) in [6.45, 7) is 2.08. The normalized spacial score (nSPS) is 12.1. The Labute approximate surface area is 128 Å². The van der Waals surface area contributed by atoms with Gasteiger partial charge in [-0.3, -0.25) is 0 Å². The lowest BCUT2D eigenvalue weighted by Gasteiger charge is -2.12. The molecule has 2 aromatic carbocycles. The van der Waals surface area contributed by atoms with Gasteiger partial charge in [0.1, 0.15) is 0 Å². The molecule has 4 rings (SSSR count). The molecule has 0 amide bonds. The number of rotatable bonds is 3. The summed E-state index contributed by atoms with van der Waals surface area (Å²) in [5.74, 6) is 0. The van der Waals surface area contributed by atoms with Crippen molar-refractivity contribution in [3.05, 3.63) is 48.5 Å². The van der Waals surface area contributed by atoms with Crippen LogP contribution < -0.4 is 0 Å². The first kappa shape index (κ1) is 12.9. The summed E-state index contributed by atoms with van der Waals surface area (Å²) in [5.41, 5.74) is 2.75. The maximum absolute atomic E-state index is 2.49. The smallest absolute Gasteiger partial charge is 0.0681 e. The minimum atomic E-state index is 1.03. The molecule has 0 radical (unpaired) electrons. The molecule has 2 heterocycles. The first-order valence-corrected chi connectivity index (χ1v) is 8.10. The highest BCUT2D eigenvalue weighted by atomic mass is 32.1. The molecule has 21 heavy (non-hydrogen) atoms. The van der Waals surface area contributed by atoms with Gasteiger partial charge >= 0.3 is 0 Å². The Hall–Kier alpha value is -1.84. The van der Waals surface area contributed by atoms with Crippen molar-refractivity contribution in [1.82, 2.24) is 9.47 Å². The zero-order valence-corrected chi connectivity index (χ0v) is 13.2. The van der Waals surface area contributed by atoms with E-state index in [9.17, 15) is 0 Å². The topological polar surface area (TPSA) is 8.17 Å². The molecule has 0 saturated carbocycles. The molecule has 0 spiro atoms. The van der Waals surface area contributed by atoms with Crippen LogP contribution >= 0.6 is 11.3 Å². The highest BCUT2D eigenvalue weighted by Gasteiger charge is 2.15. The lowest BCUT2D eigenvalue weighted by molar-refractivity contribution is 0.389. The van der Waals surface area contributed by atoms with Gasteiger partial charge < -0.3 is 9.47 Å². The van der Waals surface area contributed by atoms with E-state index in [1.54, 1.807) is 0 Å². The van der Waals surface area contributed by atoms with E-state index >= 15 is 0 Å². The van der Waals surface area contributed by atoms with Crippen LogP contribution in [0.15, 0.2) is 48.5 Å². The van der Waals surface area contributed by atoms with Gasteiger partial charge in [0.25, 0.3) is 0 Å². The van der Waals surface area contributed by atoms with Crippen LogP contribution in [0.4, 0.5) is 0 Å². The average Bonchev–Trinajstić information content (AvgIpc) is 3.00. The number of likely N-dealkylation sites (N-methyl/N-ethyl adjacent to an activating group) is 1. The van der Waals surface area contributed by atoms with E-state index in [2.05, 4.69) is 72.1 Å². The fourth-order valence-corrected chi connectivity index (χ4v) is 4.28. The summed E-state index contributed by atoms with van der Waals surface area (Å²) >= 11 is 1.91. The van der Waals surface area contributed by atoms with Crippen LogP contribution in [0.25, 0.3) is 31.2 Å². The second-order valence-electron chi connectivity index (χ2n) is 5.75. The molecule has 2 aromatic heterocycles. The van der Waals surface area contributed by atoms with Crippen molar-refractivity contribution in [1.29, 1.82) is 0 Å². The number of nitrogens with zero attached hydrogens (tertiary/aromatic N) is 2. The van der Waals surface area contributed by atoms with Crippen molar-refractivity contribution in [2.75, 3.05) is 20.6 Å². The summed E-state index contributed by atoms with van der Waals surface area (Å²) in [4.78, 5) is 2.25. The van der Waals surface area contributed by atoms with Gasteiger partial charge in [0, 0.05) is 34.1 Å². The Kier molecular flexibility index (Phi) is 2.98. The van der Waals surface area contributed by atoms with E-state index in [1.807, 2.05) is 11.3 Å². The van der Waals surface area contributed by atoms with Crippen molar-refractivity contribution in [3.63, 3.8) is 0 Å².